The molecule has 2 rings (SSSR count). The maximum Gasteiger partial charge on any atom is 0.434 e. The molecular formula is C18H23F4N5S. The fourth-order valence-corrected chi connectivity index (χ4v) is 3.26. The van der Waals surface area contributed by atoms with Gasteiger partial charge < -0.3 is 15.5 Å². The highest BCUT2D eigenvalue weighted by molar-refractivity contribution is 7.09. The van der Waals surface area contributed by atoms with E-state index >= 15 is 0 Å². The smallest absolute Gasteiger partial charge is 0.356 e. The molecule has 154 valence electrons. The minimum atomic E-state index is -4.42. The van der Waals surface area contributed by atoms with Gasteiger partial charge in [0.2, 0.25) is 0 Å². The average molecular weight is 417 g/mol. The molecule has 0 fully saturated rings. The highest BCUT2D eigenvalue weighted by atomic mass is 32.1. The maximum atomic E-state index is 13.8. The molecule has 0 aliphatic carbocycles. The fraction of sp³-hybridized carbons (Fsp3) is 0.444. The number of hydrogen-bond donors (Lipinski definition) is 2. The molecule has 0 amide bonds. The second-order valence-electron chi connectivity index (χ2n) is 6.39. The van der Waals surface area contributed by atoms with Crippen LogP contribution in [0.3, 0.4) is 0 Å². The zero-order valence-corrected chi connectivity index (χ0v) is 16.7. The van der Waals surface area contributed by atoms with E-state index in [2.05, 4.69) is 20.6 Å². The average Bonchev–Trinajstić information content (AvgIpc) is 3.09. The van der Waals surface area contributed by atoms with Crippen molar-refractivity contribution in [3.05, 3.63) is 51.2 Å². The van der Waals surface area contributed by atoms with Crippen molar-refractivity contribution in [2.45, 2.75) is 25.7 Å². The Bertz CT molecular complexity index is 802. The van der Waals surface area contributed by atoms with E-state index in [1.54, 1.807) is 19.2 Å². The Kier molecular flexibility index (Phi) is 7.76. The number of rotatable bonds is 7. The van der Waals surface area contributed by atoms with Gasteiger partial charge in [-0.05, 0) is 31.8 Å². The maximum absolute atomic E-state index is 13.8. The summed E-state index contributed by atoms with van der Waals surface area (Å²) in [6.45, 7) is 1.33. The summed E-state index contributed by atoms with van der Waals surface area (Å²) in [4.78, 5) is 9.56. The highest BCUT2D eigenvalue weighted by Gasteiger charge is 2.33. The minimum Gasteiger partial charge on any atom is -0.356 e. The fourth-order valence-electron chi connectivity index (χ4n) is 2.45. The van der Waals surface area contributed by atoms with Crippen molar-refractivity contribution in [2.24, 2.45) is 4.99 Å². The summed E-state index contributed by atoms with van der Waals surface area (Å²) in [5.41, 5.74) is 0.646. The topological polar surface area (TPSA) is 52.6 Å². The summed E-state index contributed by atoms with van der Waals surface area (Å²) in [5, 5.41) is 7.56. The first-order chi connectivity index (χ1) is 13.2. The van der Waals surface area contributed by atoms with E-state index in [4.69, 9.17) is 0 Å². The van der Waals surface area contributed by atoms with E-state index in [1.165, 1.54) is 6.07 Å². The number of aromatic nitrogens is 1. The van der Waals surface area contributed by atoms with Gasteiger partial charge in [-0.25, -0.2) is 9.37 Å². The quantitative estimate of drug-likeness (QED) is 0.413. The predicted molar refractivity (Wildman–Crippen MR) is 103 cm³/mol. The third-order valence-electron chi connectivity index (χ3n) is 3.75. The Labute approximate surface area is 165 Å². The lowest BCUT2D eigenvalue weighted by Crippen LogP contribution is -2.37. The number of nitrogens with one attached hydrogen (secondary N) is 2. The van der Waals surface area contributed by atoms with E-state index in [-0.39, 0.29) is 5.82 Å². The number of benzene rings is 1. The second kappa shape index (κ2) is 9.83. The van der Waals surface area contributed by atoms with Gasteiger partial charge in [0.15, 0.2) is 11.7 Å². The number of alkyl halides is 3. The molecule has 0 atom stereocenters. The van der Waals surface area contributed by atoms with Gasteiger partial charge in [0.1, 0.15) is 5.82 Å². The molecule has 5 nitrogen and oxygen atoms in total. The summed E-state index contributed by atoms with van der Waals surface area (Å²) in [6, 6.07) is 4.93. The first-order valence-corrected chi connectivity index (χ1v) is 9.45. The standard InChI is InChI=1S/C18H23F4N5S/c1-23-17(24-7-6-16-26-15(11-28-16)18(20,21)22)25-9-12-4-5-14(19)13(8-12)10-27(2)3/h4-5,8,11H,6-7,9-10H2,1-3H3,(H2,23,24,25). The van der Waals surface area contributed by atoms with Crippen molar-refractivity contribution in [1.82, 2.24) is 20.5 Å². The molecule has 0 bridgehead atoms. The Morgan fingerprint density at radius 3 is 2.61 bits per heavy atom. The van der Waals surface area contributed by atoms with E-state index in [0.717, 1.165) is 22.3 Å². The number of thiazole rings is 1. The Morgan fingerprint density at radius 2 is 2.00 bits per heavy atom. The van der Waals surface area contributed by atoms with E-state index < -0.39 is 11.9 Å². The lowest BCUT2D eigenvalue weighted by Gasteiger charge is -2.14. The first-order valence-electron chi connectivity index (χ1n) is 8.57. The molecule has 2 N–H and O–H groups in total. The van der Waals surface area contributed by atoms with Crippen LogP contribution in [0.4, 0.5) is 17.6 Å². The number of aliphatic imine (C=N–C) groups is 1. The third kappa shape index (κ3) is 6.75. The van der Waals surface area contributed by atoms with E-state index in [1.807, 2.05) is 19.0 Å². The van der Waals surface area contributed by atoms with Gasteiger partial charge in [0.25, 0.3) is 0 Å². The van der Waals surface area contributed by atoms with Crippen molar-refractivity contribution in [3.8, 4) is 0 Å². The van der Waals surface area contributed by atoms with Crippen LogP contribution in [0.15, 0.2) is 28.6 Å². The Hall–Kier alpha value is -2.20. The normalized spacial score (nSPS) is 12.5. The van der Waals surface area contributed by atoms with Crippen molar-refractivity contribution >= 4 is 17.3 Å². The van der Waals surface area contributed by atoms with Gasteiger partial charge in [-0.3, -0.25) is 4.99 Å². The van der Waals surface area contributed by atoms with Gasteiger partial charge >= 0.3 is 6.18 Å². The molecule has 0 aliphatic rings. The summed E-state index contributed by atoms with van der Waals surface area (Å²) in [7, 11) is 5.34. The van der Waals surface area contributed by atoms with E-state index in [0.29, 0.717) is 42.6 Å². The minimum absolute atomic E-state index is 0.248. The second-order valence-corrected chi connectivity index (χ2v) is 7.33. The summed E-state index contributed by atoms with van der Waals surface area (Å²) >= 11 is 0.983. The SMILES string of the molecule is CN=C(NCCc1nc(C(F)(F)F)cs1)NCc1ccc(F)c(CN(C)C)c1. The van der Waals surface area contributed by atoms with Crippen LogP contribution in [0.5, 0.6) is 0 Å². The molecule has 1 heterocycles. The summed E-state index contributed by atoms with van der Waals surface area (Å²) < 4.78 is 51.5. The summed E-state index contributed by atoms with van der Waals surface area (Å²) in [6.07, 6.45) is -4.06. The van der Waals surface area contributed by atoms with Crippen molar-refractivity contribution in [1.29, 1.82) is 0 Å². The number of guanidine groups is 1. The molecule has 0 spiro atoms. The zero-order chi connectivity index (χ0) is 20.7. The molecule has 0 saturated carbocycles. The lowest BCUT2D eigenvalue weighted by atomic mass is 10.1. The molecule has 2 aromatic rings. The first kappa shape index (κ1) is 22.1. The van der Waals surface area contributed by atoms with E-state index in [9.17, 15) is 17.6 Å². The van der Waals surface area contributed by atoms with Gasteiger partial charge in [-0.2, -0.15) is 13.2 Å². The summed E-state index contributed by atoms with van der Waals surface area (Å²) in [5.74, 6) is 0.257. The monoisotopic (exact) mass is 417 g/mol. The number of hydrogen-bond acceptors (Lipinski definition) is 4. The molecule has 28 heavy (non-hydrogen) atoms. The van der Waals surface area contributed by atoms with Crippen molar-refractivity contribution in [3.63, 3.8) is 0 Å². The lowest BCUT2D eigenvalue weighted by molar-refractivity contribution is -0.140. The molecule has 0 unspecified atom stereocenters. The van der Waals surface area contributed by atoms with Crippen LogP contribution in [-0.4, -0.2) is 43.5 Å². The Balaban J connectivity index is 1.84. The largest absolute Gasteiger partial charge is 0.434 e. The van der Waals surface area contributed by atoms with Crippen LogP contribution in [0.25, 0.3) is 0 Å². The molecule has 10 heteroatoms. The van der Waals surface area contributed by atoms with Crippen molar-refractivity contribution in [2.75, 3.05) is 27.7 Å². The number of nitrogens with zero attached hydrogens (tertiary/aromatic N) is 3. The molecule has 0 aliphatic heterocycles. The van der Waals surface area contributed by atoms with Crippen LogP contribution in [0.2, 0.25) is 0 Å². The Morgan fingerprint density at radius 1 is 1.25 bits per heavy atom. The highest BCUT2D eigenvalue weighted by Crippen LogP contribution is 2.29. The molecular weight excluding hydrogens is 394 g/mol. The molecule has 1 aromatic carbocycles. The van der Waals surface area contributed by atoms with Crippen LogP contribution >= 0.6 is 11.3 Å². The number of halogens is 4. The molecule has 0 radical (unpaired) electrons. The van der Waals surface area contributed by atoms with Gasteiger partial charge in [-0.15, -0.1) is 11.3 Å². The van der Waals surface area contributed by atoms with Gasteiger partial charge in [0.05, 0.1) is 5.01 Å². The van der Waals surface area contributed by atoms with Gasteiger partial charge in [0, 0.05) is 44.0 Å². The van der Waals surface area contributed by atoms with Gasteiger partial charge in [-0.1, -0.05) is 6.07 Å². The van der Waals surface area contributed by atoms with Crippen LogP contribution < -0.4 is 10.6 Å². The molecule has 1 aromatic heterocycles. The third-order valence-corrected chi connectivity index (χ3v) is 4.66. The van der Waals surface area contributed by atoms with Crippen LogP contribution in [0, 0.1) is 5.82 Å². The van der Waals surface area contributed by atoms with Crippen molar-refractivity contribution < 1.29 is 17.6 Å². The molecule has 0 saturated heterocycles. The predicted octanol–water partition coefficient (Wildman–Crippen LogP) is 3.27. The van der Waals surface area contributed by atoms with Crippen LogP contribution in [0.1, 0.15) is 21.8 Å². The van der Waals surface area contributed by atoms with Crippen LogP contribution in [-0.2, 0) is 25.7 Å². The zero-order valence-electron chi connectivity index (χ0n) is 15.9.